The zero-order chi connectivity index (χ0) is 17.5. The van der Waals surface area contributed by atoms with E-state index in [0.717, 1.165) is 29.8 Å². The lowest BCUT2D eigenvalue weighted by atomic mass is 9.91. The van der Waals surface area contributed by atoms with Crippen molar-refractivity contribution in [3.63, 3.8) is 0 Å². The summed E-state index contributed by atoms with van der Waals surface area (Å²) in [4.78, 5) is 11.6. The number of carbonyl (C=O) groups excluding carboxylic acids is 1. The van der Waals surface area contributed by atoms with Gasteiger partial charge in [0, 0.05) is 12.6 Å². The van der Waals surface area contributed by atoms with Crippen molar-refractivity contribution in [2.45, 2.75) is 59.3 Å². The molecule has 0 unspecified atom stereocenters. The highest BCUT2D eigenvalue weighted by molar-refractivity contribution is 5.69. The Balaban J connectivity index is 2.31. The van der Waals surface area contributed by atoms with Crippen LogP contribution in [0.2, 0.25) is 0 Å². The summed E-state index contributed by atoms with van der Waals surface area (Å²) in [7, 11) is 0. The van der Waals surface area contributed by atoms with Gasteiger partial charge in [-0.1, -0.05) is 26.0 Å². The monoisotopic (exact) mass is 328 g/mol. The molecule has 1 heterocycles. The number of hydrogen-bond acceptors (Lipinski definition) is 3. The topological polar surface area (TPSA) is 44.1 Å². The van der Waals surface area contributed by atoms with Crippen LogP contribution in [0.3, 0.4) is 0 Å². The SMILES string of the molecule is CCOC(=O)CCc1ccc(C(CC)CC)c(-n2ccc(C)n2)c1. The van der Waals surface area contributed by atoms with Gasteiger partial charge in [-0.3, -0.25) is 4.79 Å². The van der Waals surface area contributed by atoms with Crippen LogP contribution >= 0.6 is 0 Å². The second-order valence-corrected chi connectivity index (χ2v) is 6.11. The van der Waals surface area contributed by atoms with Gasteiger partial charge in [0.25, 0.3) is 0 Å². The molecule has 130 valence electrons. The van der Waals surface area contributed by atoms with Crippen molar-refractivity contribution in [2.75, 3.05) is 6.61 Å². The van der Waals surface area contributed by atoms with Crippen LogP contribution in [0.25, 0.3) is 5.69 Å². The van der Waals surface area contributed by atoms with Gasteiger partial charge in [-0.15, -0.1) is 0 Å². The zero-order valence-electron chi connectivity index (χ0n) is 15.2. The minimum Gasteiger partial charge on any atom is -0.466 e. The quantitative estimate of drug-likeness (QED) is 0.666. The third-order valence-corrected chi connectivity index (χ3v) is 4.41. The summed E-state index contributed by atoms with van der Waals surface area (Å²) >= 11 is 0. The van der Waals surface area contributed by atoms with Crippen LogP contribution < -0.4 is 0 Å². The molecule has 2 aromatic rings. The molecule has 1 aromatic carbocycles. The molecule has 2 rings (SSSR count). The van der Waals surface area contributed by atoms with Crippen molar-refractivity contribution >= 4 is 5.97 Å². The molecule has 0 spiro atoms. The molecule has 0 saturated heterocycles. The lowest BCUT2D eigenvalue weighted by molar-refractivity contribution is -0.143. The molecule has 4 heteroatoms. The second kappa shape index (κ2) is 8.67. The van der Waals surface area contributed by atoms with Crippen molar-refractivity contribution in [3.8, 4) is 5.69 Å². The van der Waals surface area contributed by atoms with Gasteiger partial charge < -0.3 is 4.74 Å². The molecule has 1 aromatic heterocycles. The first-order valence-electron chi connectivity index (χ1n) is 8.90. The van der Waals surface area contributed by atoms with Gasteiger partial charge in [0.2, 0.25) is 0 Å². The normalized spacial score (nSPS) is 11.0. The highest BCUT2D eigenvalue weighted by atomic mass is 16.5. The standard InChI is InChI=1S/C20H28N2O2/c1-5-17(6-2)18-10-8-16(9-11-20(23)24-7-3)14-19(18)22-13-12-15(4)21-22/h8,10,12-14,17H,5-7,9,11H2,1-4H3. The average Bonchev–Trinajstić information content (AvgIpc) is 3.01. The lowest BCUT2D eigenvalue weighted by Crippen LogP contribution is -2.08. The fourth-order valence-corrected chi connectivity index (χ4v) is 3.05. The maximum absolute atomic E-state index is 11.6. The fourth-order valence-electron chi connectivity index (χ4n) is 3.05. The van der Waals surface area contributed by atoms with E-state index in [4.69, 9.17) is 4.74 Å². The smallest absolute Gasteiger partial charge is 0.306 e. The first-order valence-corrected chi connectivity index (χ1v) is 8.90. The Morgan fingerprint density at radius 2 is 1.96 bits per heavy atom. The first kappa shape index (κ1) is 18.2. The Bertz CT molecular complexity index is 672. The second-order valence-electron chi connectivity index (χ2n) is 6.11. The van der Waals surface area contributed by atoms with Gasteiger partial charge in [-0.05, 0) is 62.3 Å². The minimum absolute atomic E-state index is 0.141. The maximum atomic E-state index is 11.6. The van der Waals surface area contributed by atoms with Gasteiger partial charge in [0.15, 0.2) is 0 Å². The summed E-state index contributed by atoms with van der Waals surface area (Å²) < 4.78 is 6.98. The van der Waals surface area contributed by atoms with Crippen LogP contribution in [0.5, 0.6) is 0 Å². The predicted octanol–water partition coefficient (Wildman–Crippen LogP) is 4.58. The van der Waals surface area contributed by atoms with Crippen LogP contribution in [-0.2, 0) is 16.0 Å². The summed E-state index contributed by atoms with van der Waals surface area (Å²) in [6.07, 6.45) is 5.31. The van der Waals surface area contributed by atoms with Gasteiger partial charge in [-0.25, -0.2) is 4.68 Å². The van der Waals surface area contributed by atoms with Crippen LogP contribution in [0.15, 0.2) is 30.5 Å². The number of aromatic nitrogens is 2. The molecule has 0 N–H and O–H groups in total. The zero-order valence-corrected chi connectivity index (χ0v) is 15.2. The summed E-state index contributed by atoms with van der Waals surface area (Å²) in [5.74, 6) is 0.377. The number of rotatable bonds is 8. The number of carbonyl (C=O) groups is 1. The van der Waals surface area contributed by atoms with Crippen molar-refractivity contribution in [3.05, 3.63) is 47.3 Å². The Labute approximate surface area is 144 Å². The molecule has 0 amide bonds. The molecule has 0 aliphatic heterocycles. The molecular weight excluding hydrogens is 300 g/mol. The van der Waals surface area contributed by atoms with Crippen molar-refractivity contribution in [1.82, 2.24) is 9.78 Å². The van der Waals surface area contributed by atoms with E-state index >= 15 is 0 Å². The lowest BCUT2D eigenvalue weighted by Gasteiger charge is -2.19. The van der Waals surface area contributed by atoms with Crippen molar-refractivity contribution in [1.29, 1.82) is 0 Å². The van der Waals surface area contributed by atoms with Crippen molar-refractivity contribution in [2.24, 2.45) is 0 Å². The Morgan fingerprint density at radius 3 is 2.54 bits per heavy atom. The van der Waals surface area contributed by atoms with Crippen LogP contribution in [0.4, 0.5) is 0 Å². The molecule has 0 aliphatic rings. The summed E-state index contributed by atoms with van der Waals surface area (Å²) in [5, 5.41) is 4.58. The average molecular weight is 328 g/mol. The van der Waals surface area contributed by atoms with E-state index < -0.39 is 0 Å². The van der Waals surface area contributed by atoms with Crippen molar-refractivity contribution < 1.29 is 9.53 Å². The van der Waals surface area contributed by atoms with Crippen LogP contribution in [0.1, 0.15) is 62.8 Å². The van der Waals surface area contributed by atoms with Crippen LogP contribution in [-0.4, -0.2) is 22.4 Å². The number of hydrogen-bond donors (Lipinski definition) is 0. The third-order valence-electron chi connectivity index (χ3n) is 4.41. The van der Waals surface area contributed by atoms with Gasteiger partial charge in [0.05, 0.1) is 18.0 Å². The van der Waals surface area contributed by atoms with E-state index in [1.165, 1.54) is 5.56 Å². The van der Waals surface area contributed by atoms with E-state index in [-0.39, 0.29) is 5.97 Å². The molecule has 0 radical (unpaired) electrons. The molecule has 24 heavy (non-hydrogen) atoms. The number of esters is 1. The highest BCUT2D eigenvalue weighted by Gasteiger charge is 2.15. The van der Waals surface area contributed by atoms with E-state index in [2.05, 4.69) is 37.1 Å². The van der Waals surface area contributed by atoms with E-state index in [1.54, 1.807) is 0 Å². The molecule has 0 aliphatic carbocycles. The Hall–Kier alpha value is -2.10. The van der Waals surface area contributed by atoms with Crippen LogP contribution in [0, 0.1) is 6.92 Å². The summed E-state index contributed by atoms with van der Waals surface area (Å²) in [6.45, 7) is 8.71. The highest BCUT2D eigenvalue weighted by Crippen LogP contribution is 2.29. The largest absolute Gasteiger partial charge is 0.466 e. The Morgan fingerprint density at radius 1 is 1.21 bits per heavy atom. The summed E-state index contributed by atoms with van der Waals surface area (Å²) in [6, 6.07) is 8.51. The number of aryl methyl sites for hydroxylation is 2. The molecule has 4 nitrogen and oxygen atoms in total. The summed E-state index contributed by atoms with van der Waals surface area (Å²) in [5.41, 5.74) is 4.59. The van der Waals surface area contributed by atoms with Gasteiger partial charge >= 0.3 is 5.97 Å². The molecule has 0 fully saturated rings. The first-order chi connectivity index (χ1) is 11.6. The third kappa shape index (κ3) is 4.47. The van der Waals surface area contributed by atoms with Gasteiger partial charge in [0.1, 0.15) is 0 Å². The van der Waals surface area contributed by atoms with E-state index in [1.807, 2.05) is 30.8 Å². The molecule has 0 atom stereocenters. The molecule has 0 bridgehead atoms. The van der Waals surface area contributed by atoms with Gasteiger partial charge in [-0.2, -0.15) is 5.10 Å². The number of nitrogens with zero attached hydrogens (tertiary/aromatic N) is 2. The van der Waals surface area contributed by atoms with E-state index in [0.29, 0.717) is 25.4 Å². The van der Waals surface area contributed by atoms with E-state index in [9.17, 15) is 4.79 Å². The molecular formula is C20H28N2O2. The Kier molecular flexibility index (Phi) is 6.59. The molecule has 0 saturated carbocycles. The fraction of sp³-hybridized carbons (Fsp3) is 0.500. The minimum atomic E-state index is -0.141. The maximum Gasteiger partial charge on any atom is 0.306 e. The number of benzene rings is 1. The number of ether oxygens (including phenoxy) is 1. The predicted molar refractivity (Wildman–Crippen MR) is 96.6 cm³/mol.